The SMILES string of the molecule is CC(C)N(CCNC(=O)CCN1C(=O)C2CCCCC2C1=O)C1CC1. The molecule has 3 aliphatic rings. The lowest BCUT2D eigenvalue weighted by atomic mass is 9.81. The Morgan fingerprint density at radius 2 is 1.72 bits per heavy atom. The van der Waals surface area contributed by atoms with E-state index in [1.165, 1.54) is 17.7 Å². The molecule has 1 saturated heterocycles. The molecule has 0 radical (unpaired) electrons. The highest BCUT2D eigenvalue weighted by molar-refractivity contribution is 6.05. The molecule has 3 fully saturated rings. The maximum Gasteiger partial charge on any atom is 0.233 e. The van der Waals surface area contributed by atoms with Gasteiger partial charge in [0.15, 0.2) is 0 Å². The summed E-state index contributed by atoms with van der Waals surface area (Å²) in [5.74, 6) is -0.427. The fraction of sp³-hybridized carbons (Fsp3) is 0.842. The summed E-state index contributed by atoms with van der Waals surface area (Å²) in [7, 11) is 0. The van der Waals surface area contributed by atoms with E-state index in [4.69, 9.17) is 0 Å². The van der Waals surface area contributed by atoms with Gasteiger partial charge in [-0.25, -0.2) is 0 Å². The van der Waals surface area contributed by atoms with Crippen LogP contribution in [0.1, 0.15) is 58.8 Å². The number of nitrogens with zero attached hydrogens (tertiary/aromatic N) is 2. The number of rotatable bonds is 8. The molecule has 0 aromatic heterocycles. The predicted molar refractivity (Wildman–Crippen MR) is 94.7 cm³/mol. The Kier molecular flexibility index (Phi) is 5.77. The Bertz CT molecular complexity index is 504. The second-order valence-corrected chi connectivity index (χ2v) is 7.99. The molecule has 2 unspecified atom stereocenters. The summed E-state index contributed by atoms with van der Waals surface area (Å²) in [4.78, 5) is 40.6. The van der Waals surface area contributed by atoms with Crippen molar-refractivity contribution in [3.63, 3.8) is 0 Å². The molecule has 0 aromatic carbocycles. The monoisotopic (exact) mass is 349 g/mol. The van der Waals surface area contributed by atoms with Gasteiger partial charge in [-0.15, -0.1) is 0 Å². The summed E-state index contributed by atoms with van der Waals surface area (Å²) >= 11 is 0. The van der Waals surface area contributed by atoms with Crippen LogP contribution in [-0.2, 0) is 14.4 Å². The van der Waals surface area contributed by atoms with Crippen LogP contribution in [0.2, 0.25) is 0 Å². The first-order valence-electron chi connectivity index (χ1n) is 9.86. The molecule has 2 aliphatic carbocycles. The topological polar surface area (TPSA) is 69.7 Å². The zero-order valence-electron chi connectivity index (χ0n) is 15.5. The molecule has 6 nitrogen and oxygen atoms in total. The molecule has 1 N–H and O–H groups in total. The van der Waals surface area contributed by atoms with Crippen molar-refractivity contribution in [3.8, 4) is 0 Å². The minimum absolute atomic E-state index is 0.0535. The third-order valence-corrected chi connectivity index (χ3v) is 5.87. The van der Waals surface area contributed by atoms with Crippen LogP contribution in [0.3, 0.4) is 0 Å². The van der Waals surface area contributed by atoms with Crippen LogP contribution >= 0.6 is 0 Å². The van der Waals surface area contributed by atoms with E-state index < -0.39 is 0 Å². The van der Waals surface area contributed by atoms with Gasteiger partial charge in [0.1, 0.15) is 0 Å². The molecule has 25 heavy (non-hydrogen) atoms. The quantitative estimate of drug-likeness (QED) is 0.675. The van der Waals surface area contributed by atoms with Crippen molar-refractivity contribution in [1.82, 2.24) is 15.1 Å². The Labute approximate surface area is 150 Å². The molecule has 1 aliphatic heterocycles. The smallest absolute Gasteiger partial charge is 0.233 e. The first kappa shape index (κ1) is 18.4. The van der Waals surface area contributed by atoms with E-state index >= 15 is 0 Å². The molecule has 6 heteroatoms. The van der Waals surface area contributed by atoms with E-state index in [0.717, 1.165) is 32.2 Å². The fourth-order valence-electron chi connectivity index (χ4n) is 4.35. The number of fused-ring (bicyclic) bond motifs is 1. The summed E-state index contributed by atoms with van der Waals surface area (Å²) < 4.78 is 0. The molecule has 0 bridgehead atoms. The number of hydrogen-bond donors (Lipinski definition) is 1. The Morgan fingerprint density at radius 1 is 1.12 bits per heavy atom. The van der Waals surface area contributed by atoms with E-state index in [1.807, 2.05) is 0 Å². The zero-order valence-corrected chi connectivity index (χ0v) is 15.5. The Balaban J connectivity index is 1.40. The average Bonchev–Trinajstić information content (AvgIpc) is 3.39. The van der Waals surface area contributed by atoms with Gasteiger partial charge < -0.3 is 5.32 Å². The van der Waals surface area contributed by atoms with Gasteiger partial charge in [-0.2, -0.15) is 0 Å². The van der Waals surface area contributed by atoms with Crippen LogP contribution in [0.15, 0.2) is 0 Å². The van der Waals surface area contributed by atoms with E-state index in [0.29, 0.717) is 18.6 Å². The largest absolute Gasteiger partial charge is 0.355 e. The van der Waals surface area contributed by atoms with Crippen molar-refractivity contribution in [2.45, 2.75) is 70.9 Å². The maximum absolute atomic E-state index is 12.4. The summed E-state index contributed by atoms with van der Waals surface area (Å²) in [6, 6.07) is 1.17. The van der Waals surface area contributed by atoms with Gasteiger partial charge in [0.05, 0.1) is 11.8 Å². The summed E-state index contributed by atoms with van der Waals surface area (Å²) in [6.07, 6.45) is 6.43. The minimum atomic E-state index is -0.123. The lowest BCUT2D eigenvalue weighted by molar-refractivity contribution is -0.140. The second kappa shape index (κ2) is 7.85. The van der Waals surface area contributed by atoms with Crippen LogP contribution < -0.4 is 5.32 Å². The van der Waals surface area contributed by atoms with Gasteiger partial charge in [0, 0.05) is 38.1 Å². The van der Waals surface area contributed by atoms with Gasteiger partial charge in [0.2, 0.25) is 17.7 Å². The third kappa shape index (κ3) is 4.22. The van der Waals surface area contributed by atoms with Crippen LogP contribution in [-0.4, -0.2) is 59.2 Å². The normalized spacial score (nSPS) is 26.5. The minimum Gasteiger partial charge on any atom is -0.355 e. The average molecular weight is 349 g/mol. The van der Waals surface area contributed by atoms with Crippen LogP contribution in [0.4, 0.5) is 0 Å². The second-order valence-electron chi connectivity index (χ2n) is 7.99. The molecule has 2 atom stereocenters. The first-order valence-corrected chi connectivity index (χ1v) is 9.86. The van der Waals surface area contributed by atoms with Crippen LogP contribution in [0.25, 0.3) is 0 Å². The predicted octanol–water partition coefficient (Wildman–Crippen LogP) is 1.54. The standard InChI is InChI=1S/C19H31N3O3/c1-13(2)21(14-7-8-14)12-10-20-17(23)9-11-22-18(24)15-5-3-4-6-16(15)19(22)25/h13-16H,3-12H2,1-2H3,(H,20,23). The lowest BCUT2D eigenvalue weighted by Gasteiger charge is -2.26. The first-order chi connectivity index (χ1) is 12.0. The van der Waals surface area contributed by atoms with Crippen molar-refractivity contribution in [1.29, 1.82) is 0 Å². The number of carbonyl (C=O) groups excluding carboxylic acids is 3. The van der Waals surface area contributed by atoms with Gasteiger partial charge >= 0.3 is 0 Å². The van der Waals surface area contributed by atoms with Crippen molar-refractivity contribution >= 4 is 17.7 Å². The fourth-order valence-corrected chi connectivity index (χ4v) is 4.35. The van der Waals surface area contributed by atoms with Crippen molar-refractivity contribution in [2.75, 3.05) is 19.6 Å². The third-order valence-electron chi connectivity index (χ3n) is 5.87. The van der Waals surface area contributed by atoms with E-state index in [9.17, 15) is 14.4 Å². The molecule has 0 spiro atoms. The van der Waals surface area contributed by atoms with Gasteiger partial charge in [-0.05, 0) is 39.5 Å². The summed E-state index contributed by atoms with van der Waals surface area (Å²) in [5, 5.41) is 2.94. The highest BCUT2D eigenvalue weighted by atomic mass is 16.2. The van der Waals surface area contributed by atoms with Crippen molar-refractivity contribution < 1.29 is 14.4 Å². The molecule has 0 aromatic rings. The van der Waals surface area contributed by atoms with E-state index in [2.05, 4.69) is 24.1 Å². The molecule has 2 saturated carbocycles. The number of amides is 3. The highest BCUT2D eigenvalue weighted by Crippen LogP contribution is 2.37. The molecule has 3 rings (SSSR count). The number of hydrogen-bond acceptors (Lipinski definition) is 4. The molecular weight excluding hydrogens is 318 g/mol. The zero-order chi connectivity index (χ0) is 18.0. The van der Waals surface area contributed by atoms with Crippen LogP contribution in [0.5, 0.6) is 0 Å². The lowest BCUT2D eigenvalue weighted by Crippen LogP contribution is -2.41. The number of nitrogens with one attached hydrogen (secondary N) is 1. The maximum atomic E-state index is 12.4. The van der Waals surface area contributed by atoms with Gasteiger partial charge in [-0.3, -0.25) is 24.2 Å². The number of likely N-dealkylation sites (tertiary alicyclic amines) is 1. The van der Waals surface area contributed by atoms with Gasteiger partial charge in [0.25, 0.3) is 0 Å². The number of carbonyl (C=O) groups is 3. The van der Waals surface area contributed by atoms with Crippen molar-refractivity contribution in [2.24, 2.45) is 11.8 Å². The molecule has 3 amide bonds. The molecule has 140 valence electrons. The Morgan fingerprint density at radius 3 is 2.24 bits per heavy atom. The summed E-state index contributed by atoms with van der Waals surface area (Å²) in [5.41, 5.74) is 0. The Hall–Kier alpha value is -1.43. The van der Waals surface area contributed by atoms with E-state index in [-0.39, 0.29) is 42.5 Å². The number of imide groups is 1. The summed E-state index contributed by atoms with van der Waals surface area (Å²) in [6.45, 7) is 6.09. The van der Waals surface area contributed by atoms with E-state index in [1.54, 1.807) is 0 Å². The van der Waals surface area contributed by atoms with Crippen molar-refractivity contribution in [3.05, 3.63) is 0 Å². The highest BCUT2D eigenvalue weighted by Gasteiger charge is 2.47. The molecular formula is C19H31N3O3. The molecule has 1 heterocycles. The van der Waals surface area contributed by atoms with Crippen LogP contribution in [0, 0.1) is 11.8 Å². The van der Waals surface area contributed by atoms with Gasteiger partial charge in [-0.1, -0.05) is 12.8 Å².